The average molecular weight is 467 g/mol. The molecule has 0 amide bonds. The van der Waals surface area contributed by atoms with Gasteiger partial charge in [0.05, 0.1) is 11.3 Å². The van der Waals surface area contributed by atoms with Crippen LogP contribution in [0.1, 0.15) is 38.2 Å². The quantitative estimate of drug-likeness (QED) is 0.534. The van der Waals surface area contributed by atoms with Gasteiger partial charge < -0.3 is 5.32 Å². The number of sulfonamides is 1. The molecule has 2 aromatic carbocycles. The lowest BCUT2D eigenvalue weighted by molar-refractivity contribution is 0.329. The van der Waals surface area contributed by atoms with Crippen LogP contribution in [0.25, 0.3) is 21.9 Å². The highest BCUT2D eigenvalue weighted by atomic mass is 32.2. The van der Waals surface area contributed by atoms with Crippen molar-refractivity contribution < 1.29 is 12.8 Å². The molecule has 1 aliphatic heterocycles. The molecule has 3 aromatic rings. The third-order valence-electron chi connectivity index (χ3n) is 6.14. The molecule has 2 heterocycles. The molecule has 4 rings (SSSR count). The second-order valence-corrected chi connectivity index (χ2v) is 10.5. The van der Waals surface area contributed by atoms with Gasteiger partial charge in [-0.15, -0.1) is 0 Å². The second-order valence-electron chi connectivity index (χ2n) is 8.41. The van der Waals surface area contributed by atoms with Crippen LogP contribution < -0.4 is 5.32 Å². The first-order valence-corrected chi connectivity index (χ1v) is 12.8. The third kappa shape index (κ3) is 5.15. The molecular weight excluding hydrogens is 439 g/mol. The summed E-state index contributed by atoms with van der Waals surface area (Å²) in [5.41, 5.74) is 2.53. The lowest BCUT2D eigenvalue weighted by atomic mass is 9.98. The number of benzene rings is 2. The molecular formula is C25H27FN4O2S. The Hall–Kier alpha value is -3.02. The lowest BCUT2D eigenvalue weighted by Gasteiger charge is -2.32. The third-order valence-corrected chi connectivity index (χ3v) is 8.10. The van der Waals surface area contributed by atoms with Gasteiger partial charge in [0.2, 0.25) is 10.0 Å². The molecule has 0 radical (unpaired) electrons. The van der Waals surface area contributed by atoms with Crippen LogP contribution in [-0.4, -0.2) is 42.6 Å². The number of hydrogen-bond donors (Lipinski definition) is 1. The summed E-state index contributed by atoms with van der Waals surface area (Å²) in [5.74, 6) is -0.326. The Morgan fingerprint density at radius 1 is 1.18 bits per heavy atom. The van der Waals surface area contributed by atoms with Crippen molar-refractivity contribution in [2.24, 2.45) is 0 Å². The Bertz CT molecular complexity index is 1300. The van der Waals surface area contributed by atoms with Crippen LogP contribution in [0.15, 0.2) is 48.8 Å². The van der Waals surface area contributed by atoms with Gasteiger partial charge in [0.15, 0.2) is 0 Å². The molecule has 1 fully saturated rings. The van der Waals surface area contributed by atoms with Gasteiger partial charge in [-0.3, -0.25) is 4.98 Å². The van der Waals surface area contributed by atoms with E-state index in [1.165, 1.54) is 6.07 Å². The topological polar surface area (TPSA) is 86.1 Å². The van der Waals surface area contributed by atoms with Gasteiger partial charge in [0, 0.05) is 42.6 Å². The number of piperidine rings is 1. The molecule has 6 nitrogen and oxygen atoms in total. The van der Waals surface area contributed by atoms with Crippen molar-refractivity contribution >= 4 is 26.5 Å². The highest BCUT2D eigenvalue weighted by Gasteiger charge is 2.27. The van der Waals surface area contributed by atoms with Crippen LogP contribution >= 0.6 is 0 Å². The number of aromatic nitrogens is 1. The van der Waals surface area contributed by atoms with Crippen molar-refractivity contribution in [3.63, 3.8) is 0 Å². The predicted octanol–water partition coefficient (Wildman–Crippen LogP) is 4.92. The fourth-order valence-electron chi connectivity index (χ4n) is 4.23. The number of halogens is 1. The van der Waals surface area contributed by atoms with Crippen molar-refractivity contribution in [1.82, 2.24) is 9.29 Å². The molecule has 0 aliphatic carbocycles. The van der Waals surface area contributed by atoms with Crippen molar-refractivity contribution in [3.05, 3.63) is 60.2 Å². The molecule has 0 bridgehead atoms. The molecule has 1 saturated heterocycles. The number of anilines is 1. The first kappa shape index (κ1) is 23.1. The maximum Gasteiger partial charge on any atom is 0.214 e. The smallest absolute Gasteiger partial charge is 0.214 e. The summed E-state index contributed by atoms with van der Waals surface area (Å²) >= 11 is 0. The van der Waals surface area contributed by atoms with E-state index in [1.807, 2.05) is 31.2 Å². The van der Waals surface area contributed by atoms with E-state index in [9.17, 15) is 18.1 Å². The van der Waals surface area contributed by atoms with E-state index in [2.05, 4.69) is 10.3 Å². The van der Waals surface area contributed by atoms with Gasteiger partial charge >= 0.3 is 0 Å². The van der Waals surface area contributed by atoms with Gasteiger partial charge in [-0.05, 0) is 66.1 Å². The Balaban J connectivity index is 1.58. The van der Waals surface area contributed by atoms with E-state index in [4.69, 9.17) is 0 Å². The molecule has 0 saturated carbocycles. The van der Waals surface area contributed by atoms with Gasteiger partial charge in [-0.1, -0.05) is 19.4 Å². The summed E-state index contributed by atoms with van der Waals surface area (Å²) in [7, 11) is -3.19. The van der Waals surface area contributed by atoms with Crippen LogP contribution in [-0.2, 0) is 10.0 Å². The normalized spacial score (nSPS) is 15.4. The summed E-state index contributed by atoms with van der Waals surface area (Å²) in [5, 5.41) is 14.7. The average Bonchev–Trinajstić information content (AvgIpc) is 2.83. The van der Waals surface area contributed by atoms with E-state index in [0.29, 0.717) is 32.4 Å². The number of pyridine rings is 1. The number of nitrogens with one attached hydrogen (secondary N) is 1. The molecule has 0 spiro atoms. The van der Waals surface area contributed by atoms with Gasteiger partial charge in [-0.25, -0.2) is 17.1 Å². The fourth-order valence-corrected chi connectivity index (χ4v) is 5.91. The van der Waals surface area contributed by atoms with Crippen LogP contribution in [0.5, 0.6) is 0 Å². The lowest BCUT2D eigenvalue weighted by Crippen LogP contribution is -2.43. The number of hydrogen-bond acceptors (Lipinski definition) is 5. The SMILES string of the molecule is CCCCS(=O)(=O)N1CCC(Nc2cc(-c3ccc(F)c(C#N)c3)cc3ccncc23)CC1. The van der Waals surface area contributed by atoms with Crippen molar-refractivity contribution in [3.8, 4) is 17.2 Å². The van der Waals surface area contributed by atoms with E-state index >= 15 is 0 Å². The fraction of sp³-hybridized carbons (Fsp3) is 0.360. The minimum Gasteiger partial charge on any atom is -0.382 e. The monoisotopic (exact) mass is 466 g/mol. The van der Waals surface area contributed by atoms with Gasteiger partial charge in [-0.2, -0.15) is 5.26 Å². The largest absolute Gasteiger partial charge is 0.382 e. The molecule has 1 aromatic heterocycles. The van der Waals surface area contributed by atoms with Crippen LogP contribution in [0.4, 0.5) is 10.1 Å². The molecule has 1 aliphatic rings. The standard InChI is InChI=1S/C25H27FN4O2S/c1-2-3-12-33(31,32)30-10-7-22(8-11-30)29-25-15-20(14-19-6-9-28-17-23(19)25)18-4-5-24(26)21(13-18)16-27/h4-6,9,13-15,17,22,29H,2-3,7-8,10-12H2,1H3. The van der Waals surface area contributed by atoms with Crippen molar-refractivity contribution in [2.45, 2.75) is 38.6 Å². The Kier molecular flexibility index (Phi) is 6.91. The Labute approximate surface area is 194 Å². The molecule has 0 unspecified atom stereocenters. The summed E-state index contributed by atoms with van der Waals surface area (Å²) in [6, 6.07) is 12.5. The maximum atomic E-state index is 13.8. The zero-order valence-electron chi connectivity index (χ0n) is 18.6. The summed E-state index contributed by atoms with van der Waals surface area (Å²) in [6.07, 6.45) is 6.50. The highest BCUT2D eigenvalue weighted by Crippen LogP contribution is 2.33. The summed E-state index contributed by atoms with van der Waals surface area (Å²) in [6.45, 7) is 3.00. The van der Waals surface area contributed by atoms with E-state index < -0.39 is 15.8 Å². The molecule has 172 valence electrons. The number of fused-ring (bicyclic) bond motifs is 1. The zero-order chi connectivity index (χ0) is 23.4. The zero-order valence-corrected chi connectivity index (χ0v) is 19.4. The Morgan fingerprint density at radius 3 is 2.70 bits per heavy atom. The molecule has 1 N–H and O–H groups in total. The summed E-state index contributed by atoms with van der Waals surface area (Å²) < 4.78 is 40.5. The molecule has 33 heavy (non-hydrogen) atoms. The minimum absolute atomic E-state index is 0.00786. The maximum absolute atomic E-state index is 13.8. The van der Waals surface area contributed by atoms with E-state index in [-0.39, 0.29) is 17.4 Å². The first-order chi connectivity index (χ1) is 15.9. The molecule has 8 heteroatoms. The number of nitriles is 1. The van der Waals surface area contributed by atoms with Crippen LogP contribution in [0, 0.1) is 17.1 Å². The Morgan fingerprint density at radius 2 is 1.97 bits per heavy atom. The number of nitrogens with zero attached hydrogens (tertiary/aromatic N) is 3. The highest BCUT2D eigenvalue weighted by molar-refractivity contribution is 7.89. The summed E-state index contributed by atoms with van der Waals surface area (Å²) in [4.78, 5) is 4.26. The number of unbranched alkanes of at least 4 members (excludes halogenated alkanes) is 1. The molecule has 0 atom stereocenters. The number of rotatable bonds is 7. The van der Waals surface area contributed by atoms with Crippen molar-refractivity contribution in [1.29, 1.82) is 5.26 Å². The minimum atomic E-state index is -3.19. The first-order valence-electron chi connectivity index (χ1n) is 11.2. The van der Waals surface area contributed by atoms with Gasteiger partial charge in [0.25, 0.3) is 0 Å². The van der Waals surface area contributed by atoms with Crippen molar-refractivity contribution in [2.75, 3.05) is 24.2 Å². The van der Waals surface area contributed by atoms with Crippen LogP contribution in [0.2, 0.25) is 0 Å². The van der Waals surface area contributed by atoms with E-state index in [1.54, 1.807) is 28.8 Å². The second kappa shape index (κ2) is 9.86. The van der Waals surface area contributed by atoms with E-state index in [0.717, 1.165) is 34.0 Å². The van der Waals surface area contributed by atoms with Crippen LogP contribution in [0.3, 0.4) is 0 Å². The van der Waals surface area contributed by atoms with Gasteiger partial charge in [0.1, 0.15) is 11.9 Å². The predicted molar refractivity (Wildman–Crippen MR) is 129 cm³/mol.